The van der Waals surface area contributed by atoms with E-state index in [4.69, 9.17) is 9.68 Å². The van der Waals surface area contributed by atoms with Gasteiger partial charge in [-0.05, 0) is 44.5 Å². The van der Waals surface area contributed by atoms with Crippen molar-refractivity contribution in [3.8, 4) is 6.07 Å². The van der Waals surface area contributed by atoms with Crippen molar-refractivity contribution < 1.29 is 9.21 Å². The predicted molar refractivity (Wildman–Crippen MR) is 96.9 cm³/mol. The van der Waals surface area contributed by atoms with Gasteiger partial charge in [0.05, 0.1) is 17.7 Å². The molecule has 1 unspecified atom stereocenters. The first-order valence-corrected chi connectivity index (χ1v) is 8.17. The lowest BCUT2D eigenvalue weighted by molar-refractivity contribution is 0.197. The standard InChI is InChI=1S/C20H23N3O2/c1-5-9-23(13-18-8-6-7-17(11-18)12-21)20(24)22-15(3)19-10-14(2)25-16(19)4/h5-8,10-11,15H,1,9,13H2,2-4H3,(H,22,24). The van der Waals surface area contributed by atoms with Gasteiger partial charge in [0, 0.05) is 18.7 Å². The Morgan fingerprint density at radius 3 is 2.80 bits per heavy atom. The number of amides is 2. The highest BCUT2D eigenvalue weighted by molar-refractivity contribution is 5.75. The number of hydrogen-bond acceptors (Lipinski definition) is 3. The fourth-order valence-corrected chi connectivity index (χ4v) is 2.77. The van der Waals surface area contributed by atoms with E-state index in [1.54, 1.807) is 23.1 Å². The summed E-state index contributed by atoms with van der Waals surface area (Å²) in [7, 11) is 0. The number of benzene rings is 1. The van der Waals surface area contributed by atoms with Crippen LogP contribution in [0.2, 0.25) is 0 Å². The van der Waals surface area contributed by atoms with Gasteiger partial charge in [-0.2, -0.15) is 5.26 Å². The predicted octanol–water partition coefficient (Wildman–Crippen LogP) is 4.23. The molecule has 25 heavy (non-hydrogen) atoms. The number of nitriles is 1. The molecule has 0 radical (unpaired) electrons. The first kappa shape index (κ1) is 18.3. The van der Waals surface area contributed by atoms with Crippen molar-refractivity contribution >= 4 is 6.03 Å². The largest absolute Gasteiger partial charge is 0.466 e. The van der Waals surface area contributed by atoms with Gasteiger partial charge in [0.15, 0.2) is 0 Å². The monoisotopic (exact) mass is 337 g/mol. The van der Waals surface area contributed by atoms with Crippen LogP contribution in [-0.2, 0) is 6.54 Å². The molecule has 0 aliphatic rings. The van der Waals surface area contributed by atoms with Crippen molar-refractivity contribution in [3.05, 3.63) is 71.2 Å². The van der Waals surface area contributed by atoms with Crippen LogP contribution in [0.4, 0.5) is 4.79 Å². The van der Waals surface area contributed by atoms with E-state index in [9.17, 15) is 4.79 Å². The summed E-state index contributed by atoms with van der Waals surface area (Å²) in [6.45, 7) is 10.2. The minimum absolute atomic E-state index is 0.164. The summed E-state index contributed by atoms with van der Waals surface area (Å²) in [4.78, 5) is 14.3. The average Bonchev–Trinajstić information content (AvgIpc) is 2.93. The van der Waals surface area contributed by atoms with Crippen LogP contribution in [0.1, 0.15) is 41.2 Å². The number of carbonyl (C=O) groups excluding carboxylic acids is 1. The molecule has 1 heterocycles. The highest BCUT2D eigenvalue weighted by Crippen LogP contribution is 2.21. The Balaban J connectivity index is 2.10. The van der Waals surface area contributed by atoms with E-state index in [0.717, 1.165) is 22.6 Å². The first-order chi connectivity index (χ1) is 11.9. The zero-order chi connectivity index (χ0) is 18.4. The number of furan rings is 1. The van der Waals surface area contributed by atoms with E-state index in [1.807, 2.05) is 39.0 Å². The summed E-state index contributed by atoms with van der Waals surface area (Å²) < 4.78 is 5.53. The Hall–Kier alpha value is -3.00. The number of hydrogen-bond donors (Lipinski definition) is 1. The van der Waals surface area contributed by atoms with E-state index in [1.165, 1.54) is 0 Å². The maximum absolute atomic E-state index is 12.7. The molecule has 2 amide bonds. The van der Waals surface area contributed by atoms with Gasteiger partial charge >= 0.3 is 6.03 Å². The molecule has 0 spiro atoms. The molecule has 1 aromatic heterocycles. The Labute approximate surface area is 148 Å². The molecule has 1 aromatic carbocycles. The average molecular weight is 337 g/mol. The normalized spacial score (nSPS) is 11.4. The Bertz CT molecular complexity index is 802. The molecular formula is C20H23N3O2. The highest BCUT2D eigenvalue weighted by Gasteiger charge is 2.19. The van der Waals surface area contributed by atoms with Crippen LogP contribution in [0.15, 0.2) is 47.4 Å². The van der Waals surface area contributed by atoms with Crippen molar-refractivity contribution in [2.75, 3.05) is 6.54 Å². The van der Waals surface area contributed by atoms with Crippen LogP contribution < -0.4 is 5.32 Å². The lowest BCUT2D eigenvalue weighted by Crippen LogP contribution is -2.40. The third kappa shape index (κ3) is 4.74. The minimum Gasteiger partial charge on any atom is -0.466 e. The fraction of sp³-hybridized carbons (Fsp3) is 0.300. The molecule has 0 aliphatic carbocycles. The molecule has 0 bridgehead atoms. The van der Waals surface area contributed by atoms with Crippen molar-refractivity contribution in [3.63, 3.8) is 0 Å². The van der Waals surface area contributed by atoms with Crippen LogP contribution in [0, 0.1) is 25.2 Å². The van der Waals surface area contributed by atoms with Crippen LogP contribution >= 0.6 is 0 Å². The Morgan fingerprint density at radius 1 is 1.44 bits per heavy atom. The van der Waals surface area contributed by atoms with Crippen molar-refractivity contribution in [1.82, 2.24) is 10.2 Å². The zero-order valence-electron chi connectivity index (χ0n) is 14.9. The van der Waals surface area contributed by atoms with Crippen LogP contribution in [0.5, 0.6) is 0 Å². The number of aryl methyl sites for hydroxylation is 2. The second-order valence-electron chi connectivity index (χ2n) is 6.02. The van der Waals surface area contributed by atoms with Gasteiger partial charge in [-0.15, -0.1) is 6.58 Å². The molecule has 1 N–H and O–H groups in total. The third-order valence-electron chi connectivity index (χ3n) is 3.95. The molecule has 0 saturated carbocycles. The van der Waals surface area contributed by atoms with E-state index in [0.29, 0.717) is 18.7 Å². The van der Waals surface area contributed by atoms with E-state index in [2.05, 4.69) is 18.0 Å². The molecule has 0 aliphatic heterocycles. The van der Waals surface area contributed by atoms with Gasteiger partial charge in [0.1, 0.15) is 11.5 Å². The molecular weight excluding hydrogens is 314 g/mol. The summed E-state index contributed by atoms with van der Waals surface area (Å²) in [6.07, 6.45) is 1.69. The lowest BCUT2D eigenvalue weighted by Gasteiger charge is -2.24. The van der Waals surface area contributed by atoms with Gasteiger partial charge in [-0.3, -0.25) is 0 Å². The number of rotatable bonds is 6. The molecule has 0 saturated heterocycles. The number of carbonyl (C=O) groups is 1. The van der Waals surface area contributed by atoms with Crippen LogP contribution in [0.25, 0.3) is 0 Å². The Morgan fingerprint density at radius 2 is 2.20 bits per heavy atom. The smallest absolute Gasteiger partial charge is 0.318 e. The van der Waals surface area contributed by atoms with Gasteiger partial charge in [0.25, 0.3) is 0 Å². The minimum atomic E-state index is -0.187. The van der Waals surface area contributed by atoms with E-state index >= 15 is 0 Å². The van der Waals surface area contributed by atoms with Crippen LogP contribution in [-0.4, -0.2) is 17.5 Å². The quantitative estimate of drug-likeness (QED) is 0.802. The van der Waals surface area contributed by atoms with Gasteiger partial charge < -0.3 is 14.6 Å². The van der Waals surface area contributed by atoms with E-state index in [-0.39, 0.29) is 12.1 Å². The topological polar surface area (TPSA) is 69.3 Å². The van der Waals surface area contributed by atoms with Crippen molar-refractivity contribution in [2.45, 2.75) is 33.4 Å². The second-order valence-corrected chi connectivity index (χ2v) is 6.02. The molecule has 5 nitrogen and oxygen atoms in total. The number of urea groups is 1. The van der Waals surface area contributed by atoms with E-state index < -0.39 is 0 Å². The molecule has 5 heteroatoms. The van der Waals surface area contributed by atoms with Gasteiger partial charge in [-0.25, -0.2) is 4.79 Å². The highest BCUT2D eigenvalue weighted by atomic mass is 16.3. The molecule has 2 aromatic rings. The molecule has 2 rings (SSSR count). The molecule has 1 atom stereocenters. The summed E-state index contributed by atoms with van der Waals surface area (Å²) in [5.41, 5.74) is 2.45. The summed E-state index contributed by atoms with van der Waals surface area (Å²) >= 11 is 0. The zero-order valence-corrected chi connectivity index (χ0v) is 14.9. The Kier molecular flexibility index (Phi) is 6.02. The van der Waals surface area contributed by atoms with Crippen molar-refractivity contribution in [2.24, 2.45) is 0 Å². The second kappa shape index (κ2) is 8.20. The van der Waals surface area contributed by atoms with Crippen LogP contribution in [0.3, 0.4) is 0 Å². The van der Waals surface area contributed by atoms with Gasteiger partial charge in [-0.1, -0.05) is 18.2 Å². The maximum Gasteiger partial charge on any atom is 0.318 e. The van der Waals surface area contributed by atoms with Gasteiger partial charge in [0.2, 0.25) is 0 Å². The number of nitrogens with zero attached hydrogens (tertiary/aromatic N) is 2. The summed E-state index contributed by atoms with van der Waals surface area (Å²) in [5.74, 6) is 1.63. The lowest BCUT2D eigenvalue weighted by atomic mass is 10.1. The maximum atomic E-state index is 12.7. The SMILES string of the molecule is C=CCN(Cc1cccc(C#N)c1)C(=O)NC(C)c1cc(C)oc1C. The molecule has 0 fully saturated rings. The van der Waals surface area contributed by atoms with Crippen molar-refractivity contribution in [1.29, 1.82) is 5.26 Å². The summed E-state index contributed by atoms with van der Waals surface area (Å²) in [5, 5.41) is 12.0. The number of nitrogens with one attached hydrogen (secondary N) is 1. The third-order valence-corrected chi connectivity index (χ3v) is 3.95. The first-order valence-electron chi connectivity index (χ1n) is 8.17. The fourth-order valence-electron chi connectivity index (χ4n) is 2.77. The molecule has 130 valence electrons. The summed E-state index contributed by atoms with van der Waals surface area (Å²) in [6, 6.07) is 11.0.